The molecule has 12 heteroatoms. The molecule has 264 valence electrons. The van der Waals surface area contributed by atoms with Crippen LogP contribution in [0.4, 0.5) is 17.3 Å². The zero-order valence-corrected chi connectivity index (χ0v) is 29.9. The van der Waals surface area contributed by atoms with Gasteiger partial charge in [-0.25, -0.2) is 4.98 Å². The number of amides is 3. The third-order valence-electron chi connectivity index (χ3n) is 8.27. The molecule has 0 radical (unpaired) electrons. The average Bonchev–Trinajstić information content (AvgIpc) is 3.12. The Balaban J connectivity index is 1.61. The van der Waals surface area contributed by atoms with Crippen LogP contribution in [0.5, 0.6) is 17.4 Å². The van der Waals surface area contributed by atoms with Crippen LogP contribution in [0.2, 0.25) is 0 Å². The van der Waals surface area contributed by atoms with E-state index in [9.17, 15) is 14.4 Å². The number of likely N-dealkylation sites (N-methyl/N-ethyl adjacent to an activating group) is 2. The smallest absolute Gasteiger partial charge is 0.262 e. The fourth-order valence-electron chi connectivity index (χ4n) is 5.17. The summed E-state index contributed by atoms with van der Waals surface area (Å²) in [6.45, 7) is 13.9. The van der Waals surface area contributed by atoms with Gasteiger partial charge in [0, 0.05) is 55.4 Å². The average molecular weight is 682 g/mol. The van der Waals surface area contributed by atoms with E-state index < -0.39 is 5.91 Å². The summed E-state index contributed by atoms with van der Waals surface area (Å²) in [6, 6.07) is 17.5. The molecule has 4 rings (SSSR count). The van der Waals surface area contributed by atoms with Crippen LogP contribution in [0.25, 0.3) is 0 Å². The first-order chi connectivity index (χ1) is 24.1. The highest BCUT2D eigenvalue weighted by atomic mass is 16.5. The molecule has 4 aromatic rings. The molecule has 0 atom stereocenters. The minimum absolute atomic E-state index is 0.0330. The van der Waals surface area contributed by atoms with Gasteiger partial charge in [-0.3, -0.25) is 14.4 Å². The fraction of sp³-hybridized carbons (Fsp3) is 0.342. The van der Waals surface area contributed by atoms with E-state index in [-0.39, 0.29) is 40.7 Å². The highest BCUT2D eigenvalue weighted by Crippen LogP contribution is 2.34. The normalized spacial score (nSPS) is 10.8. The van der Waals surface area contributed by atoms with Crippen molar-refractivity contribution in [3.8, 4) is 17.4 Å². The third-order valence-corrected chi connectivity index (χ3v) is 8.27. The predicted molar refractivity (Wildman–Crippen MR) is 196 cm³/mol. The number of benzene rings is 3. The van der Waals surface area contributed by atoms with Crippen molar-refractivity contribution in [3.63, 3.8) is 0 Å². The molecule has 0 aliphatic rings. The molecular weight excluding hydrogens is 634 g/mol. The molecule has 0 saturated heterocycles. The number of methoxy groups -OCH3 is 1. The highest BCUT2D eigenvalue weighted by Gasteiger charge is 2.21. The first-order valence-corrected chi connectivity index (χ1v) is 16.8. The van der Waals surface area contributed by atoms with Crippen LogP contribution in [0.3, 0.4) is 0 Å². The quantitative estimate of drug-likeness (QED) is 0.122. The van der Waals surface area contributed by atoms with Gasteiger partial charge in [0.15, 0.2) is 11.5 Å². The number of ether oxygens (including phenoxy) is 2. The van der Waals surface area contributed by atoms with Crippen LogP contribution in [-0.4, -0.2) is 84.4 Å². The number of rotatable bonds is 16. The molecule has 1 heterocycles. The van der Waals surface area contributed by atoms with E-state index >= 15 is 0 Å². The van der Waals surface area contributed by atoms with Crippen LogP contribution in [0, 0.1) is 13.8 Å². The Morgan fingerprint density at radius 3 is 2.16 bits per heavy atom. The summed E-state index contributed by atoms with van der Waals surface area (Å²) < 4.78 is 11.8. The van der Waals surface area contributed by atoms with Crippen molar-refractivity contribution in [1.82, 2.24) is 25.1 Å². The van der Waals surface area contributed by atoms with Crippen molar-refractivity contribution in [2.24, 2.45) is 0 Å². The molecule has 0 spiro atoms. The lowest BCUT2D eigenvalue weighted by Crippen LogP contribution is -2.36. The number of hydrogen-bond donors (Lipinski definition) is 3. The Hall–Kier alpha value is -5.49. The number of carbonyl (C=O) groups is 3. The molecule has 0 saturated carbocycles. The Labute approximate surface area is 294 Å². The van der Waals surface area contributed by atoms with Crippen LogP contribution in [0.15, 0.2) is 66.9 Å². The van der Waals surface area contributed by atoms with E-state index in [1.54, 1.807) is 54.4 Å². The van der Waals surface area contributed by atoms with E-state index in [2.05, 4.69) is 44.7 Å². The van der Waals surface area contributed by atoms with Gasteiger partial charge in [0.05, 0.1) is 7.11 Å². The lowest BCUT2D eigenvalue weighted by molar-refractivity contribution is 0.0779. The molecule has 3 N–H and O–H groups in total. The molecule has 1 aromatic heterocycles. The van der Waals surface area contributed by atoms with Crippen molar-refractivity contribution in [2.75, 3.05) is 57.5 Å². The van der Waals surface area contributed by atoms with Gasteiger partial charge in [0.25, 0.3) is 17.7 Å². The molecule has 0 bridgehead atoms. The fourth-order valence-corrected chi connectivity index (χ4v) is 5.17. The van der Waals surface area contributed by atoms with Gasteiger partial charge in [-0.1, -0.05) is 39.0 Å². The second-order valence-corrected chi connectivity index (χ2v) is 11.8. The van der Waals surface area contributed by atoms with Gasteiger partial charge in [0.1, 0.15) is 5.56 Å². The largest absolute Gasteiger partial charge is 0.493 e. The second kappa shape index (κ2) is 17.8. The van der Waals surface area contributed by atoms with Crippen LogP contribution >= 0.6 is 0 Å². The van der Waals surface area contributed by atoms with E-state index in [0.29, 0.717) is 35.6 Å². The number of hydrogen-bond acceptors (Lipinski definition) is 9. The topological polar surface area (TPSA) is 138 Å². The maximum Gasteiger partial charge on any atom is 0.262 e. The summed E-state index contributed by atoms with van der Waals surface area (Å²) in [4.78, 5) is 52.2. The van der Waals surface area contributed by atoms with Crippen LogP contribution < -0.4 is 25.4 Å². The molecule has 3 amide bonds. The van der Waals surface area contributed by atoms with Gasteiger partial charge in [-0.05, 0) is 86.9 Å². The van der Waals surface area contributed by atoms with Gasteiger partial charge in [-0.2, -0.15) is 4.98 Å². The lowest BCUT2D eigenvalue weighted by atomic mass is 10.1. The summed E-state index contributed by atoms with van der Waals surface area (Å²) in [5.74, 6) is -0.117. The van der Waals surface area contributed by atoms with E-state index in [1.807, 2.05) is 39.0 Å². The summed E-state index contributed by atoms with van der Waals surface area (Å²) in [5, 5.41) is 8.95. The van der Waals surface area contributed by atoms with Crippen molar-refractivity contribution >= 4 is 35.0 Å². The van der Waals surface area contributed by atoms with E-state index in [0.717, 1.165) is 37.2 Å². The zero-order valence-electron chi connectivity index (χ0n) is 29.9. The predicted octanol–water partition coefficient (Wildman–Crippen LogP) is 6.44. The van der Waals surface area contributed by atoms with Gasteiger partial charge in [0.2, 0.25) is 11.8 Å². The number of anilines is 3. The highest BCUT2D eigenvalue weighted by molar-refractivity contribution is 6.06. The van der Waals surface area contributed by atoms with E-state index in [4.69, 9.17) is 9.47 Å². The molecule has 0 unspecified atom stereocenters. The molecule has 50 heavy (non-hydrogen) atoms. The first-order valence-electron chi connectivity index (χ1n) is 16.8. The lowest BCUT2D eigenvalue weighted by Gasteiger charge is -2.23. The number of carbonyl (C=O) groups excluding carboxylic acids is 3. The SMILES string of the molecule is CCCNC(=O)c1ccc(Oc2nc(Nc3ccc(C(=O)N(C)CCN(CC)CC)cc3)ncc2C(=O)Nc2c(C)cccc2C)c(OC)c1. The number of nitrogens with one attached hydrogen (secondary N) is 3. The first kappa shape index (κ1) is 37.3. The maximum absolute atomic E-state index is 13.7. The standard InChI is InChI=1S/C38H47N7O5/c1-8-20-39-34(46)28-16-19-31(32(23-28)49-7)50-36-30(35(47)42-33-25(4)12-11-13-26(33)5)24-40-38(43-36)41-29-17-14-27(15-18-29)37(48)44(6)21-22-45(9-2)10-3/h11-19,23-24H,8-10,20-22H2,1-7H3,(H,39,46)(H,42,47)(H,40,41,43). The van der Waals surface area contributed by atoms with Crippen LogP contribution in [-0.2, 0) is 0 Å². The van der Waals surface area contributed by atoms with Crippen molar-refractivity contribution in [2.45, 2.75) is 41.0 Å². The molecule has 0 aliphatic heterocycles. The minimum atomic E-state index is -0.466. The Morgan fingerprint density at radius 2 is 1.52 bits per heavy atom. The number of aryl methyl sites for hydroxylation is 2. The van der Waals surface area contributed by atoms with Gasteiger partial charge >= 0.3 is 0 Å². The van der Waals surface area contributed by atoms with E-state index in [1.165, 1.54) is 13.3 Å². The molecule has 0 fully saturated rings. The second-order valence-electron chi connectivity index (χ2n) is 11.8. The molecule has 0 aliphatic carbocycles. The molecular formula is C38H47N7O5. The molecule has 3 aromatic carbocycles. The Bertz CT molecular complexity index is 1770. The summed E-state index contributed by atoms with van der Waals surface area (Å²) in [7, 11) is 3.27. The molecule has 12 nitrogen and oxygen atoms in total. The summed E-state index contributed by atoms with van der Waals surface area (Å²) in [5.41, 5.74) is 4.15. The van der Waals surface area contributed by atoms with Crippen molar-refractivity contribution in [1.29, 1.82) is 0 Å². The van der Waals surface area contributed by atoms with Gasteiger partial charge in [-0.15, -0.1) is 0 Å². The Kier molecular flexibility index (Phi) is 13.3. The van der Waals surface area contributed by atoms with Crippen LogP contribution in [0.1, 0.15) is 69.4 Å². The number of para-hydroxylation sites is 1. The summed E-state index contributed by atoms with van der Waals surface area (Å²) in [6.07, 6.45) is 2.19. The Morgan fingerprint density at radius 1 is 0.840 bits per heavy atom. The summed E-state index contributed by atoms with van der Waals surface area (Å²) >= 11 is 0. The maximum atomic E-state index is 13.7. The third kappa shape index (κ3) is 9.56. The van der Waals surface area contributed by atoms with Crippen molar-refractivity contribution < 1.29 is 23.9 Å². The number of nitrogens with zero attached hydrogens (tertiary/aromatic N) is 4. The van der Waals surface area contributed by atoms with Gasteiger partial charge < -0.3 is 35.2 Å². The zero-order chi connectivity index (χ0) is 36.2. The number of aromatic nitrogens is 2. The monoisotopic (exact) mass is 681 g/mol. The minimum Gasteiger partial charge on any atom is -0.493 e. The van der Waals surface area contributed by atoms with Crippen molar-refractivity contribution in [3.05, 3.63) is 94.7 Å².